The molecule has 1 aliphatic carbocycles. The van der Waals surface area contributed by atoms with Crippen molar-refractivity contribution in [2.45, 2.75) is 44.9 Å². The molecule has 0 aliphatic heterocycles. The molecule has 1 saturated carbocycles. The highest BCUT2D eigenvalue weighted by Gasteiger charge is 2.27. The number of hydrogen-bond acceptors (Lipinski definition) is 7. The molecule has 28 heavy (non-hydrogen) atoms. The lowest BCUT2D eigenvalue weighted by Gasteiger charge is -2.34. The topological polar surface area (TPSA) is 106 Å². The van der Waals surface area contributed by atoms with Crippen molar-refractivity contribution < 1.29 is 4.79 Å². The van der Waals surface area contributed by atoms with Gasteiger partial charge >= 0.3 is 0 Å². The fourth-order valence-electron chi connectivity index (χ4n) is 3.48. The van der Waals surface area contributed by atoms with Crippen molar-refractivity contribution in [1.82, 2.24) is 20.3 Å². The van der Waals surface area contributed by atoms with E-state index in [0.29, 0.717) is 35.1 Å². The fraction of sp³-hybridized carbons (Fsp3) is 0.500. The lowest BCUT2D eigenvalue weighted by atomic mass is 9.78. The molecule has 3 atom stereocenters. The predicted molar refractivity (Wildman–Crippen MR) is 114 cm³/mol. The van der Waals surface area contributed by atoms with Crippen LogP contribution in [0.1, 0.15) is 38.9 Å². The van der Waals surface area contributed by atoms with E-state index in [0.717, 1.165) is 12.1 Å². The third-order valence-electron chi connectivity index (χ3n) is 5.25. The lowest BCUT2D eigenvalue weighted by Crippen LogP contribution is -2.44. The molecule has 0 saturated heterocycles. The fourth-order valence-corrected chi connectivity index (χ4v) is 4.16. The van der Waals surface area contributed by atoms with Crippen LogP contribution in [0.4, 0.5) is 17.6 Å². The molecule has 0 unspecified atom stereocenters. The monoisotopic (exact) mass is 400 g/mol. The maximum absolute atomic E-state index is 12.3. The maximum atomic E-state index is 12.3. The first-order valence-electron chi connectivity index (χ1n) is 9.71. The van der Waals surface area contributed by atoms with E-state index in [1.807, 2.05) is 30.3 Å². The number of amides is 1. The molecule has 1 heterocycles. The minimum absolute atomic E-state index is 0.0700. The second-order valence-electron chi connectivity index (χ2n) is 7.36. The molecular formula is C20H28N6OS. The van der Waals surface area contributed by atoms with E-state index < -0.39 is 0 Å². The Balaban J connectivity index is 1.49. The van der Waals surface area contributed by atoms with E-state index in [2.05, 4.69) is 39.4 Å². The minimum atomic E-state index is 0.0700. The molecular weight excluding hydrogens is 372 g/mol. The van der Waals surface area contributed by atoms with Crippen LogP contribution in [-0.4, -0.2) is 32.7 Å². The Kier molecular flexibility index (Phi) is 7.08. The summed E-state index contributed by atoms with van der Waals surface area (Å²) in [4.78, 5) is 25.0. The Morgan fingerprint density at radius 1 is 1.18 bits per heavy atom. The van der Waals surface area contributed by atoms with Crippen molar-refractivity contribution in [3.05, 3.63) is 36.2 Å². The van der Waals surface area contributed by atoms with Gasteiger partial charge in [-0.25, -0.2) is 0 Å². The molecule has 1 aromatic carbocycles. The summed E-state index contributed by atoms with van der Waals surface area (Å²) in [5, 5.41) is 6.31. The van der Waals surface area contributed by atoms with Gasteiger partial charge in [0.2, 0.25) is 17.8 Å². The summed E-state index contributed by atoms with van der Waals surface area (Å²) >= 11 is 1.48. The number of carbonyl (C=O) groups excluding carboxylic acids is 1. The van der Waals surface area contributed by atoms with Crippen LogP contribution in [0.3, 0.4) is 0 Å². The largest absolute Gasteiger partial charge is 0.368 e. The van der Waals surface area contributed by atoms with Crippen molar-refractivity contribution in [1.29, 1.82) is 0 Å². The normalized spacial score (nSPS) is 21.9. The second kappa shape index (κ2) is 9.73. The maximum Gasteiger partial charge on any atom is 0.232 e. The smallest absolute Gasteiger partial charge is 0.232 e. The summed E-state index contributed by atoms with van der Waals surface area (Å²) in [6.45, 7) is 4.50. The number of rotatable bonds is 7. The predicted octanol–water partition coefficient (Wildman–Crippen LogP) is 3.37. The Hall–Kier alpha value is -2.35. The molecule has 0 radical (unpaired) electrons. The number of nitrogens with one attached hydrogen (secondary N) is 2. The van der Waals surface area contributed by atoms with Crippen LogP contribution >= 0.6 is 11.8 Å². The number of para-hydroxylation sites is 1. The zero-order valence-corrected chi connectivity index (χ0v) is 17.2. The summed E-state index contributed by atoms with van der Waals surface area (Å²) in [5.41, 5.74) is 6.68. The highest BCUT2D eigenvalue weighted by atomic mass is 32.2. The number of nitrogens with zero attached hydrogens (tertiary/aromatic N) is 3. The minimum Gasteiger partial charge on any atom is -0.368 e. The van der Waals surface area contributed by atoms with Crippen molar-refractivity contribution in [2.75, 3.05) is 16.8 Å². The molecule has 1 aromatic heterocycles. The molecule has 1 fully saturated rings. The van der Waals surface area contributed by atoms with Crippen LogP contribution in [-0.2, 0) is 10.5 Å². The number of hydrogen-bond donors (Lipinski definition) is 3. The molecule has 0 bridgehead atoms. The van der Waals surface area contributed by atoms with Crippen LogP contribution in [0, 0.1) is 11.8 Å². The first-order valence-corrected chi connectivity index (χ1v) is 10.9. The second-order valence-corrected chi connectivity index (χ2v) is 8.34. The number of benzene rings is 1. The molecule has 8 heteroatoms. The Bertz CT molecular complexity index is 788. The summed E-state index contributed by atoms with van der Waals surface area (Å²) in [6, 6.07) is 9.92. The molecule has 3 rings (SSSR count). The Labute approximate surface area is 170 Å². The van der Waals surface area contributed by atoms with Gasteiger partial charge in [-0.15, -0.1) is 11.8 Å². The third-order valence-corrected chi connectivity index (χ3v) is 6.18. The molecule has 1 aliphatic rings. The Morgan fingerprint density at radius 3 is 2.75 bits per heavy atom. The molecule has 2 aromatic rings. The van der Waals surface area contributed by atoms with Crippen molar-refractivity contribution in [3.8, 4) is 0 Å². The van der Waals surface area contributed by atoms with Gasteiger partial charge in [0.25, 0.3) is 0 Å². The highest BCUT2D eigenvalue weighted by molar-refractivity contribution is 7.99. The first kappa shape index (κ1) is 20.4. The summed E-state index contributed by atoms with van der Waals surface area (Å²) < 4.78 is 0. The van der Waals surface area contributed by atoms with E-state index in [1.54, 1.807) is 0 Å². The van der Waals surface area contributed by atoms with Crippen LogP contribution in [0.15, 0.2) is 30.3 Å². The number of anilines is 3. The standard InChI is InChI=1S/C20H28N6OS/c1-13-7-6-10-16(14(13)2)23-18(27)12-28-11-17-24-19(21)26-20(25-17)22-15-8-4-3-5-9-15/h3-5,8-9,13-14,16H,6-7,10-12H2,1-2H3,(H,23,27)(H3,21,22,24,25,26)/t13-,14+,16-/m0/s1. The molecule has 4 N–H and O–H groups in total. The molecule has 7 nitrogen and oxygen atoms in total. The number of thioether (sulfide) groups is 1. The summed E-state index contributed by atoms with van der Waals surface area (Å²) in [6.07, 6.45) is 3.51. The number of nitrogens with two attached hydrogens (primary N) is 1. The van der Waals surface area contributed by atoms with Gasteiger partial charge in [-0.05, 0) is 30.4 Å². The van der Waals surface area contributed by atoms with E-state index in [-0.39, 0.29) is 17.9 Å². The van der Waals surface area contributed by atoms with Crippen LogP contribution in [0.2, 0.25) is 0 Å². The van der Waals surface area contributed by atoms with Gasteiger partial charge in [0, 0.05) is 11.7 Å². The van der Waals surface area contributed by atoms with Gasteiger partial charge in [-0.3, -0.25) is 4.79 Å². The van der Waals surface area contributed by atoms with Crippen molar-refractivity contribution >= 4 is 35.3 Å². The average molecular weight is 401 g/mol. The average Bonchev–Trinajstić information content (AvgIpc) is 2.66. The number of carbonyl (C=O) groups is 1. The first-order chi connectivity index (χ1) is 13.5. The number of aromatic nitrogens is 3. The van der Waals surface area contributed by atoms with E-state index in [1.165, 1.54) is 24.6 Å². The van der Waals surface area contributed by atoms with Gasteiger partial charge in [0.05, 0.1) is 11.5 Å². The SMILES string of the molecule is C[C@H]1[C@@H](NC(=O)CSCc2nc(N)nc(Nc3ccccc3)n2)CCC[C@@H]1C. The van der Waals surface area contributed by atoms with Gasteiger partial charge in [-0.1, -0.05) is 44.9 Å². The number of nitrogen functional groups attached to an aromatic ring is 1. The van der Waals surface area contributed by atoms with Gasteiger partial charge < -0.3 is 16.4 Å². The Morgan fingerprint density at radius 2 is 1.96 bits per heavy atom. The van der Waals surface area contributed by atoms with Gasteiger partial charge in [0.1, 0.15) is 5.82 Å². The summed E-state index contributed by atoms with van der Waals surface area (Å²) in [5.74, 6) is 3.27. The molecule has 0 spiro atoms. The van der Waals surface area contributed by atoms with Gasteiger partial charge in [-0.2, -0.15) is 15.0 Å². The zero-order chi connectivity index (χ0) is 19.9. The van der Waals surface area contributed by atoms with E-state index >= 15 is 0 Å². The van der Waals surface area contributed by atoms with E-state index in [9.17, 15) is 4.79 Å². The van der Waals surface area contributed by atoms with Crippen LogP contribution < -0.4 is 16.4 Å². The quantitative estimate of drug-likeness (QED) is 0.654. The summed E-state index contributed by atoms with van der Waals surface area (Å²) in [7, 11) is 0. The van der Waals surface area contributed by atoms with E-state index in [4.69, 9.17) is 5.73 Å². The van der Waals surface area contributed by atoms with Crippen molar-refractivity contribution in [3.63, 3.8) is 0 Å². The third kappa shape index (κ3) is 5.82. The molecule has 1 amide bonds. The van der Waals surface area contributed by atoms with Gasteiger partial charge in [0.15, 0.2) is 0 Å². The van der Waals surface area contributed by atoms with Crippen molar-refractivity contribution in [2.24, 2.45) is 11.8 Å². The van der Waals surface area contributed by atoms with Crippen LogP contribution in [0.25, 0.3) is 0 Å². The molecule has 150 valence electrons. The van der Waals surface area contributed by atoms with Crippen LogP contribution in [0.5, 0.6) is 0 Å². The highest BCUT2D eigenvalue weighted by Crippen LogP contribution is 2.29. The lowest BCUT2D eigenvalue weighted by molar-refractivity contribution is -0.119. The zero-order valence-electron chi connectivity index (χ0n) is 16.4.